The van der Waals surface area contributed by atoms with Crippen molar-refractivity contribution in [2.45, 2.75) is 0 Å². The molecular formula is C36H22N4. The second-order valence-corrected chi connectivity index (χ2v) is 10.4. The number of pyridine rings is 2. The van der Waals surface area contributed by atoms with Crippen LogP contribution in [0.15, 0.2) is 134 Å². The van der Waals surface area contributed by atoms with Crippen LogP contribution in [0.4, 0.5) is 0 Å². The highest BCUT2D eigenvalue weighted by Crippen LogP contribution is 2.42. The summed E-state index contributed by atoms with van der Waals surface area (Å²) in [5.74, 6) is 0. The predicted octanol–water partition coefficient (Wildman–Crippen LogP) is 8.98. The minimum absolute atomic E-state index is 1.13. The molecule has 5 aromatic carbocycles. The molecule has 0 bridgehead atoms. The summed E-state index contributed by atoms with van der Waals surface area (Å²) in [4.78, 5) is 8.74. The molecule has 0 saturated carbocycles. The molecule has 40 heavy (non-hydrogen) atoms. The van der Waals surface area contributed by atoms with E-state index in [1.807, 2.05) is 24.8 Å². The lowest BCUT2D eigenvalue weighted by Crippen LogP contribution is -1.95. The third kappa shape index (κ3) is 2.90. The standard InChI is InChI=1S/C36H22N4/c1-3-7-31-29(5-1)35-33(39(31)27-11-9-23-15-17-37-21-25(23)19-27)13-14-34-36(35)30-6-2-4-8-32(30)40(34)28-12-10-24-16-18-38-22-26(24)20-28/h1-22H. The van der Waals surface area contributed by atoms with Gasteiger partial charge in [-0.05, 0) is 71.4 Å². The molecule has 4 heteroatoms. The Morgan fingerprint density at radius 3 is 1.38 bits per heavy atom. The SMILES string of the molecule is c1ccc2c(c1)c1c3c4ccccc4n(-c4ccc5ccncc5c4)c3ccc1n2-c1ccc2ccncc2c1. The van der Waals surface area contributed by atoms with E-state index in [4.69, 9.17) is 0 Å². The molecule has 0 spiro atoms. The molecule has 0 aliphatic heterocycles. The number of rotatable bonds is 2. The molecule has 9 rings (SSSR count). The van der Waals surface area contributed by atoms with Crippen molar-refractivity contribution in [3.8, 4) is 11.4 Å². The van der Waals surface area contributed by atoms with Gasteiger partial charge in [-0.2, -0.15) is 0 Å². The average molecular weight is 511 g/mol. The normalized spacial score (nSPS) is 12.0. The molecule has 0 radical (unpaired) electrons. The first kappa shape index (κ1) is 21.5. The van der Waals surface area contributed by atoms with Crippen molar-refractivity contribution in [1.82, 2.24) is 19.1 Å². The first-order valence-electron chi connectivity index (χ1n) is 13.5. The zero-order chi connectivity index (χ0) is 26.2. The van der Waals surface area contributed by atoms with Crippen molar-refractivity contribution >= 4 is 65.2 Å². The van der Waals surface area contributed by atoms with Crippen molar-refractivity contribution in [2.24, 2.45) is 0 Å². The fourth-order valence-corrected chi connectivity index (χ4v) is 6.50. The molecule has 0 N–H and O–H groups in total. The van der Waals surface area contributed by atoms with Crippen LogP contribution in [0, 0.1) is 0 Å². The van der Waals surface area contributed by atoms with E-state index in [0.29, 0.717) is 0 Å². The van der Waals surface area contributed by atoms with E-state index >= 15 is 0 Å². The third-order valence-electron chi connectivity index (χ3n) is 8.24. The number of fused-ring (bicyclic) bond motifs is 9. The first-order chi connectivity index (χ1) is 19.8. The lowest BCUT2D eigenvalue weighted by Gasteiger charge is -2.10. The number of hydrogen-bond acceptors (Lipinski definition) is 2. The van der Waals surface area contributed by atoms with Crippen molar-refractivity contribution in [2.75, 3.05) is 0 Å². The van der Waals surface area contributed by atoms with Gasteiger partial charge in [0.1, 0.15) is 0 Å². The number of para-hydroxylation sites is 2. The number of benzene rings is 5. The van der Waals surface area contributed by atoms with E-state index in [9.17, 15) is 0 Å². The smallest absolute Gasteiger partial charge is 0.0548 e. The Labute approximate surface area is 229 Å². The fraction of sp³-hybridized carbons (Fsp3) is 0. The van der Waals surface area contributed by atoms with Crippen molar-refractivity contribution < 1.29 is 0 Å². The zero-order valence-electron chi connectivity index (χ0n) is 21.5. The second-order valence-electron chi connectivity index (χ2n) is 10.4. The van der Waals surface area contributed by atoms with Gasteiger partial charge in [-0.25, -0.2) is 0 Å². The van der Waals surface area contributed by atoms with E-state index < -0.39 is 0 Å². The molecule has 4 aromatic heterocycles. The summed E-state index contributed by atoms with van der Waals surface area (Å²) in [6.07, 6.45) is 7.58. The van der Waals surface area contributed by atoms with E-state index in [2.05, 4.69) is 128 Å². The molecular weight excluding hydrogens is 488 g/mol. The van der Waals surface area contributed by atoms with Crippen LogP contribution in [0.2, 0.25) is 0 Å². The van der Waals surface area contributed by atoms with Gasteiger partial charge in [-0.1, -0.05) is 48.5 Å². The topological polar surface area (TPSA) is 35.6 Å². The van der Waals surface area contributed by atoms with Gasteiger partial charge in [-0.3, -0.25) is 9.97 Å². The molecule has 9 aromatic rings. The molecule has 0 fully saturated rings. The summed E-state index contributed by atoms with van der Waals surface area (Å²) in [5.41, 5.74) is 7.06. The Morgan fingerprint density at radius 2 is 0.875 bits per heavy atom. The van der Waals surface area contributed by atoms with E-state index in [1.165, 1.54) is 54.4 Å². The maximum absolute atomic E-state index is 4.37. The average Bonchev–Trinajstić information content (AvgIpc) is 3.53. The lowest BCUT2D eigenvalue weighted by atomic mass is 10.1. The van der Waals surface area contributed by atoms with E-state index in [0.717, 1.165) is 22.1 Å². The van der Waals surface area contributed by atoms with Crippen molar-refractivity contribution in [1.29, 1.82) is 0 Å². The third-order valence-corrected chi connectivity index (χ3v) is 8.24. The Morgan fingerprint density at radius 1 is 0.400 bits per heavy atom. The highest BCUT2D eigenvalue weighted by atomic mass is 15.0. The van der Waals surface area contributed by atoms with Crippen LogP contribution in [-0.2, 0) is 0 Å². The van der Waals surface area contributed by atoms with Gasteiger partial charge >= 0.3 is 0 Å². The van der Waals surface area contributed by atoms with Crippen LogP contribution in [0.5, 0.6) is 0 Å². The molecule has 0 aliphatic rings. The van der Waals surface area contributed by atoms with E-state index in [1.54, 1.807) is 0 Å². The molecule has 4 nitrogen and oxygen atoms in total. The summed E-state index contributed by atoms with van der Waals surface area (Å²) in [6.45, 7) is 0. The highest BCUT2D eigenvalue weighted by molar-refractivity contribution is 6.29. The van der Waals surface area contributed by atoms with Crippen LogP contribution in [0.1, 0.15) is 0 Å². The number of hydrogen-bond donors (Lipinski definition) is 0. The van der Waals surface area contributed by atoms with Crippen LogP contribution < -0.4 is 0 Å². The van der Waals surface area contributed by atoms with Gasteiger partial charge in [-0.15, -0.1) is 0 Å². The predicted molar refractivity (Wildman–Crippen MR) is 166 cm³/mol. The number of aromatic nitrogens is 4. The molecule has 0 aliphatic carbocycles. The van der Waals surface area contributed by atoms with Gasteiger partial charge in [0, 0.05) is 68.5 Å². The van der Waals surface area contributed by atoms with Crippen molar-refractivity contribution in [3.05, 3.63) is 134 Å². The van der Waals surface area contributed by atoms with Gasteiger partial charge in [0.15, 0.2) is 0 Å². The summed E-state index contributed by atoms with van der Waals surface area (Å²) in [5, 5.41) is 9.70. The Hall–Kier alpha value is -5.48. The van der Waals surface area contributed by atoms with Gasteiger partial charge < -0.3 is 9.13 Å². The monoisotopic (exact) mass is 510 g/mol. The molecule has 0 atom stereocenters. The minimum atomic E-state index is 1.13. The van der Waals surface area contributed by atoms with Gasteiger partial charge in [0.25, 0.3) is 0 Å². The Bertz CT molecular complexity index is 2270. The fourth-order valence-electron chi connectivity index (χ4n) is 6.50. The molecule has 0 saturated heterocycles. The van der Waals surface area contributed by atoms with Crippen LogP contribution in [-0.4, -0.2) is 19.1 Å². The van der Waals surface area contributed by atoms with Crippen LogP contribution >= 0.6 is 0 Å². The Balaban J connectivity index is 1.43. The lowest BCUT2D eigenvalue weighted by molar-refractivity contribution is 1.18. The first-order valence-corrected chi connectivity index (χ1v) is 13.5. The van der Waals surface area contributed by atoms with Crippen LogP contribution in [0.3, 0.4) is 0 Å². The maximum Gasteiger partial charge on any atom is 0.0548 e. The van der Waals surface area contributed by atoms with Crippen LogP contribution in [0.25, 0.3) is 76.5 Å². The van der Waals surface area contributed by atoms with Gasteiger partial charge in [0.2, 0.25) is 0 Å². The van der Waals surface area contributed by atoms with Crippen molar-refractivity contribution in [3.63, 3.8) is 0 Å². The largest absolute Gasteiger partial charge is 0.309 e. The maximum atomic E-state index is 4.37. The summed E-state index contributed by atoms with van der Waals surface area (Å²) < 4.78 is 4.79. The molecule has 0 amide bonds. The van der Waals surface area contributed by atoms with Gasteiger partial charge in [0.05, 0.1) is 22.1 Å². The second kappa shape index (κ2) is 8.01. The summed E-state index contributed by atoms with van der Waals surface area (Å²) >= 11 is 0. The zero-order valence-corrected chi connectivity index (χ0v) is 21.5. The minimum Gasteiger partial charge on any atom is -0.309 e. The quantitative estimate of drug-likeness (QED) is 0.233. The summed E-state index contributed by atoms with van der Waals surface area (Å²) in [6, 6.07) is 39.5. The molecule has 186 valence electrons. The molecule has 4 heterocycles. The summed E-state index contributed by atoms with van der Waals surface area (Å²) in [7, 11) is 0. The molecule has 0 unspecified atom stereocenters. The Kier molecular flexibility index (Phi) is 4.30. The number of nitrogens with zero attached hydrogens (tertiary/aromatic N) is 4. The highest BCUT2D eigenvalue weighted by Gasteiger charge is 2.20. The van der Waals surface area contributed by atoms with E-state index in [-0.39, 0.29) is 0 Å².